The first kappa shape index (κ1) is 11.4. The number of nitrogens with zero attached hydrogens (tertiary/aromatic N) is 2. The van der Waals surface area contributed by atoms with Gasteiger partial charge in [-0.15, -0.1) is 0 Å². The van der Waals surface area contributed by atoms with E-state index in [2.05, 4.69) is 0 Å². The highest BCUT2D eigenvalue weighted by Gasteiger charge is 2.43. The first-order valence-electron chi connectivity index (χ1n) is 4.76. The fourth-order valence-electron chi connectivity index (χ4n) is 1.36. The quantitative estimate of drug-likeness (QED) is 0.606. The molecule has 0 spiro atoms. The number of carbonyl (C=O) groups excluding carboxylic acids is 4. The minimum absolute atomic E-state index is 0.0941. The Morgan fingerprint density at radius 3 is 1.93 bits per heavy atom. The van der Waals surface area contributed by atoms with Crippen LogP contribution < -0.4 is 0 Å². The van der Waals surface area contributed by atoms with E-state index in [0.717, 1.165) is 9.80 Å². The maximum atomic E-state index is 11.6. The number of hydrogen-bond acceptors (Lipinski definition) is 4. The molecule has 1 saturated heterocycles. The third kappa shape index (κ3) is 1.74. The van der Waals surface area contributed by atoms with Gasteiger partial charge in [0, 0.05) is 13.1 Å². The number of Topliss-reactive ketones (excluding diaryl/α,β-unsaturated/α-hetero) is 1. The molecule has 6 nitrogen and oxygen atoms in total. The topological polar surface area (TPSA) is 74.8 Å². The van der Waals surface area contributed by atoms with Crippen LogP contribution in [-0.2, 0) is 14.4 Å². The maximum absolute atomic E-state index is 11.6. The Labute approximate surface area is 86.8 Å². The van der Waals surface area contributed by atoms with Gasteiger partial charge in [0.15, 0.2) is 0 Å². The molecule has 0 aliphatic carbocycles. The van der Waals surface area contributed by atoms with Crippen molar-refractivity contribution in [1.29, 1.82) is 0 Å². The van der Waals surface area contributed by atoms with E-state index in [0.29, 0.717) is 6.42 Å². The summed E-state index contributed by atoms with van der Waals surface area (Å²) in [5, 5.41) is 0. The van der Waals surface area contributed by atoms with Crippen LogP contribution in [0.15, 0.2) is 0 Å². The van der Waals surface area contributed by atoms with Gasteiger partial charge in [-0.3, -0.25) is 24.2 Å². The smallest absolute Gasteiger partial charge is 0.277 e. The van der Waals surface area contributed by atoms with E-state index in [4.69, 9.17) is 0 Å². The molecule has 0 N–H and O–H groups in total. The van der Waals surface area contributed by atoms with E-state index in [1.54, 1.807) is 13.8 Å². The summed E-state index contributed by atoms with van der Waals surface area (Å²) >= 11 is 0. The molecular weight excluding hydrogens is 200 g/mol. The van der Waals surface area contributed by atoms with Crippen molar-refractivity contribution in [3.8, 4) is 0 Å². The molecule has 6 heteroatoms. The molecular formula is C9H12N2O4. The number of ketones is 1. The number of barbiturate groups is 1. The summed E-state index contributed by atoms with van der Waals surface area (Å²) in [6, 6.07) is -0.700. The van der Waals surface area contributed by atoms with E-state index in [1.165, 1.54) is 0 Å². The average Bonchev–Trinajstić information content (AvgIpc) is 2.22. The van der Waals surface area contributed by atoms with E-state index in [1.807, 2.05) is 0 Å². The average molecular weight is 212 g/mol. The number of rotatable bonds is 3. The van der Waals surface area contributed by atoms with Gasteiger partial charge in [0.25, 0.3) is 0 Å². The zero-order valence-corrected chi connectivity index (χ0v) is 8.65. The van der Waals surface area contributed by atoms with Crippen LogP contribution in [0.4, 0.5) is 4.79 Å². The van der Waals surface area contributed by atoms with Crippen LogP contribution in [0.1, 0.15) is 20.3 Å². The van der Waals surface area contributed by atoms with Crippen molar-refractivity contribution in [2.45, 2.75) is 20.3 Å². The molecule has 4 amide bonds. The van der Waals surface area contributed by atoms with Crippen LogP contribution in [0.3, 0.4) is 0 Å². The predicted molar refractivity (Wildman–Crippen MR) is 49.8 cm³/mol. The summed E-state index contributed by atoms with van der Waals surface area (Å²) in [5.74, 6) is -3.18. The highest BCUT2D eigenvalue weighted by molar-refractivity contribution is 6.66. The molecule has 1 fully saturated rings. The Balaban J connectivity index is 3.01. The van der Waals surface area contributed by atoms with E-state index in [-0.39, 0.29) is 13.1 Å². The van der Waals surface area contributed by atoms with Crippen molar-refractivity contribution in [2.75, 3.05) is 13.1 Å². The normalized spacial score (nSPS) is 17.7. The van der Waals surface area contributed by atoms with E-state index >= 15 is 0 Å². The van der Waals surface area contributed by atoms with Crippen LogP contribution >= 0.6 is 0 Å². The standard InChI is InChI=1S/C9H12N2O4/c1-3-5-11-8(14)6(12)7(13)10(4-2)9(11)15/h3-5H2,1-2H3. The van der Waals surface area contributed by atoms with Gasteiger partial charge in [-0.1, -0.05) is 6.92 Å². The van der Waals surface area contributed by atoms with Crippen LogP contribution in [-0.4, -0.2) is 46.5 Å². The molecule has 0 aromatic rings. The number of carbonyl (C=O) groups is 4. The molecule has 0 aromatic heterocycles. The number of hydrogen-bond donors (Lipinski definition) is 0. The SMILES string of the molecule is CCCN1C(=O)C(=O)C(=O)N(CC)C1=O. The molecule has 0 radical (unpaired) electrons. The van der Waals surface area contributed by atoms with Gasteiger partial charge >= 0.3 is 23.6 Å². The summed E-state index contributed by atoms with van der Waals surface area (Å²) in [7, 11) is 0. The van der Waals surface area contributed by atoms with Crippen molar-refractivity contribution in [3.05, 3.63) is 0 Å². The van der Waals surface area contributed by atoms with Crippen molar-refractivity contribution in [3.63, 3.8) is 0 Å². The largest absolute Gasteiger partial charge is 0.334 e. The molecule has 82 valence electrons. The van der Waals surface area contributed by atoms with Gasteiger partial charge < -0.3 is 0 Å². The second-order valence-electron chi connectivity index (χ2n) is 3.12. The first-order chi connectivity index (χ1) is 7.04. The highest BCUT2D eigenvalue weighted by Crippen LogP contribution is 2.09. The minimum atomic E-state index is -1.13. The predicted octanol–water partition coefficient (Wildman–Crippen LogP) is -0.224. The Kier molecular flexibility index (Phi) is 3.18. The lowest BCUT2D eigenvalue weighted by atomic mass is 10.2. The van der Waals surface area contributed by atoms with Crippen molar-refractivity contribution in [2.24, 2.45) is 0 Å². The summed E-state index contributed by atoms with van der Waals surface area (Å²) in [4.78, 5) is 46.9. The van der Waals surface area contributed by atoms with E-state index < -0.39 is 23.6 Å². The second-order valence-corrected chi connectivity index (χ2v) is 3.12. The van der Waals surface area contributed by atoms with Gasteiger partial charge in [0.2, 0.25) is 0 Å². The highest BCUT2D eigenvalue weighted by atomic mass is 16.2. The Morgan fingerprint density at radius 1 is 0.933 bits per heavy atom. The maximum Gasteiger partial charge on any atom is 0.334 e. The van der Waals surface area contributed by atoms with Crippen molar-refractivity contribution >= 4 is 23.6 Å². The Bertz CT molecular complexity index is 337. The first-order valence-corrected chi connectivity index (χ1v) is 4.76. The molecule has 0 atom stereocenters. The second kappa shape index (κ2) is 4.20. The number of likely N-dealkylation sites (N-methyl/N-ethyl adjacent to an activating group) is 1. The summed E-state index contributed by atoms with van der Waals surface area (Å²) < 4.78 is 0. The molecule has 1 aliphatic heterocycles. The van der Waals surface area contributed by atoms with Gasteiger partial charge in [-0.2, -0.15) is 0 Å². The molecule has 15 heavy (non-hydrogen) atoms. The third-order valence-corrected chi connectivity index (χ3v) is 2.10. The fraction of sp³-hybridized carbons (Fsp3) is 0.556. The minimum Gasteiger partial charge on any atom is -0.277 e. The summed E-state index contributed by atoms with van der Waals surface area (Å²) in [6.07, 6.45) is 0.552. The van der Waals surface area contributed by atoms with Crippen LogP contribution in [0.5, 0.6) is 0 Å². The van der Waals surface area contributed by atoms with Gasteiger partial charge in [0.1, 0.15) is 0 Å². The van der Waals surface area contributed by atoms with Gasteiger partial charge in [0.05, 0.1) is 0 Å². The fourth-order valence-corrected chi connectivity index (χ4v) is 1.36. The number of urea groups is 1. The molecule has 1 heterocycles. The molecule has 1 aliphatic rings. The lowest BCUT2D eigenvalue weighted by Gasteiger charge is -2.30. The Morgan fingerprint density at radius 2 is 1.47 bits per heavy atom. The lowest BCUT2D eigenvalue weighted by Crippen LogP contribution is -2.60. The van der Waals surface area contributed by atoms with Crippen LogP contribution in [0.2, 0.25) is 0 Å². The zero-order chi connectivity index (χ0) is 11.6. The van der Waals surface area contributed by atoms with Crippen LogP contribution in [0.25, 0.3) is 0 Å². The van der Waals surface area contributed by atoms with Crippen molar-refractivity contribution in [1.82, 2.24) is 9.80 Å². The van der Waals surface area contributed by atoms with E-state index in [9.17, 15) is 19.2 Å². The number of amides is 4. The summed E-state index contributed by atoms with van der Waals surface area (Å²) in [6.45, 7) is 3.60. The lowest BCUT2D eigenvalue weighted by molar-refractivity contribution is -0.155. The van der Waals surface area contributed by atoms with Crippen LogP contribution in [0, 0.1) is 0 Å². The molecule has 0 saturated carbocycles. The Hall–Kier alpha value is -1.72. The third-order valence-electron chi connectivity index (χ3n) is 2.10. The zero-order valence-electron chi connectivity index (χ0n) is 8.65. The van der Waals surface area contributed by atoms with Crippen molar-refractivity contribution < 1.29 is 19.2 Å². The molecule has 0 bridgehead atoms. The van der Waals surface area contributed by atoms with Gasteiger partial charge in [-0.25, -0.2) is 4.79 Å². The summed E-state index contributed by atoms with van der Waals surface area (Å²) in [5.41, 5.74) is 0. The molecule has 1 rings (SSSR count). The monoisotopic (exact) mass is 212 g/mol. The molecule has 0 aromatic carbocycles. The van der Waals surface area contributed by atoms with Gasteiger partial charge in [-0.05, 0) is 13.3 Å². The number of imide groups is 2. The molecule has 0 unspecified atom stereocenters.